The molecule has 2 unspecified atom stereocenters. The van der Waals surface area contributed by atoms with Crippen molar-refractivity contribution in [2.24, 2.45) is 28.4 Å². The van der Waals surface area contributed by atoms with Crippen LogP contribution in [0, 0.1) is 22.7 Å². The summed E-state index contributed by atoms with van der Waals surface area (Å²) in [5.41, 5.74) is 0.569. The zero-order valence-corrected chi connectivity index (χ0v) is 21.0. The fraction of sp³-hybridized carbons (Fsp3) is 0.481. The van der Waals surface area contributed by atoms with Gasteiger partial charge in [-0.15, -0.1) is 0 Å². The number of primary amides is 1. The van der Waals surface area contributed by atoms with Gasteiger partial charge < -0.3 is 27.0 Å². The molecule has 0 aromatic heterocycles. The molecule has 2 amide bonds. The first-order valence-electron chi connectivity index (χ1n) is 12.6. The number of anilines is 2. The highest BCUT2D eigenvalue weighted by molar-refractivity contribution is 5.98. The number of phenols is 2. The van der Waals surface area contributed by atoms with E-state index in [1.54, 1.807) is 0 Å². The largest absolute Gasteiger partial charge is 0.506 e. The molecule has 2 aromatic rings. The second kappa shape index (κ2) is 8.68. The number of alkyl halides is 6. The Morgan fingerprint density at radius 1 is 0.825 bits per heavy atom. The lowest BCUT2D eigenvalue weighted by molar-refractivity contribution is -0.288. The van der Waals surface area contributed by atoms with Gasteiger partial charge in [-0.1, -0.05) is 12.1 Å². The van der Waals surface area contributed by atoms with Crippen LogP contribution in [0.5, 0.6) is 11.5 Å². The first-order chi connectivity index (χ1) is 18.4. The Labute approximate surface area is 224 Å². The van der Waals surface area contributed by atoms with Crippen LogP contribution in [0.4, 0.5) is 37.7 Å². The monoisotopic (exact) mass is 571 g/mol. The Balaban J connectivity index is 1.59. The average molecular weight is 572 g/mol. The van der Waals surface area contributed by atoms with Gasteiger partial charge in [0.15, 0.2) is 0 Å². The number of carbonyl (C=O) groups excluding carboxylic acids is 2. The summed E-state index contributed by atoms with van der Waals surface area (Å²) in [5, 5.41) is 22.4. The van der Waals surface area contributed by atoms with Crippen molar-refractivity contribution < 1.29 is 46.1 Å². The van der Waals surface area contributed by atoms with Gasteiger partial charge in [0, 0.05) is 0 Å². The van der Waals surface area contributed by atoms with Gasteiger partial charge in [-0.25, -0.2) is 0 Å². The number of aromatic hydroxyl groups is 2. The molecule has 13 heteroatoms. The van der Waals surface area contributed by atoms with Gasteiger partial charge in [0.1, 0.15) is 11.5 Å². The van der Waals surface area contributed by atoms with Crippen molar-refractivity contribution in [3.63, 3.8) is 0 Å². The predicted octanol–water partition coefficient (Wildman–Crippen LogP) is 5.10. The molecule has 4 aliphatic rings. The Bertz CT molecular complexity index is 1360. The van der Waals surface area contributed by atoms with Crippen molar-refractivity contribution in [2.75, 3.05) is 11.1 Å². The quantitative estimate of drug-likeness (QED) is 0.193. The molecule has 7 N–H and O–H groups in total. The highest BCUT2D eigenvalue weighted by atomic mass is 19.4. The van der Waals surface area contributed by atoms with Gasteiger partial charge >= 0.3 is 12.4 Å². The van der Waals surface area contributed by atoms with Crippen LogP contribution in [-0.4, -0.2) is 34.4 Å². The molecule has 4 bridgehead atoms. The standard InChI is InChI=1S/C27H27F6N3O4/c28-26(29,30)25(27(31,32)33,15-1-3-19(37)17(34)6-15)16-2-4-20(38)18(7-16)36-22(40)24-10-13-5-14(11-24)9-23(8-13,12-24)21(35)39/h1-4,6-7,13-14,37-38H,5,8-12,34H2,(H2,35,39)(H,36,40)/t13-,14+,23?,24?. The number of phenolic OH excluding ortho intramolecular Hbond substituents is 2. The summed E-state index contributed by atoms with van der Waals surface area (Å²) in [5.74, 6) is -2.61. The van der Waals surface area contributed by atoms with E-state index in [1.165, 1.54) is 0 Å². The van der Waals surface area contributed by atoms with E-state index >= 15 is 0 Å². The molecule has 40 heavy (non-hydrogen) atoms. The SMILES string of the molecule is NC(=O)C12C[C@H]3C[C@@H](C1)CC(C(=O)Nc1cc(C(c4ccc(O)c(N)c4)(C(F)(F)F)C(F)(F)F)ccc1O)(C3)C2. The van der Waals surface area contributed by atoms with Gasteiger partial charge in [0.05, 0.1) is 22.2 Å². The normalized spacial score (nSPS) is 27.9. The number of amides is 2. The molecule has 0 heterocycles. The minimum absolute atomic E-state index is 0.0301. The van der Waals surface area contributed by atoms with Crippen molar-refractivity contribution in [1.29, 1.82) is 0 Å². The minimum atomic E-state index is -5.96. The summed E-state index contributed by atoms with van der Waals surface area (Å²) >= 11 is 0. The van der Waals surface area contributed by atoms with Gasteiger partial charge in [0.25, 0.3) is 0 Å². The second-order valence-electron chi connectivity index (χ2n) is 11.6. The van der Waals surface area contributed by atoms with Crippen LogP contribution in [0.15, 0.2) is 36.4 Å². The van der Waals surface area contributed by atoms with Crippen molar-refractivity contribution in [3.8, 4) is 11.5 Å². The van der Waals surface area contributed by atoms with E-state index in [4.69, 9.17) is 11.5 Å². The number of hydrogen-bond acceptors (Lipinski definition) is 5. The van der Waals surface area contributed by atoms with E-state index in [0.717, 1.165) is 6.42 Å². The van der Waals surface area contributed by atoms with Gasteiger partial charge in [-0.2, -0.15) is 26.3 Å². The number of benzene rings is 2. The summed E-state index contributed by atoms with van der Waals surface area (Å²) in [6, 6.07) is 3.05. The fourth-order valence-electron chi connectivity index (χ4n) is 7.71. The Hall–Kier alpha value is -3.64. The van der Waals surface area contributed by atoms with Crippen molar-refractivity contribution in [2.45, 2.75) is 56.3 Å². The van der Waals surface area contributed by atoms with Crippen molar-refractivity contribution in [1.82, 2.24) is 0 Å². The van der Waals surface area contributed by atoms with Crippen molar-refractivity contribution in [3.05, 3.63) is 47.5 Å². The number of nitrogens with two attached hydrogens (primary N) is 2. The Kier molecular flexibility index (Phi) is 6.05. The van der Waals surface area contributed by atoms with Gasteiger partial charge in [-0.3, -0.25) is 9.59 Å². The molecule has 6 rings (SSSR count). The zero-order valence-electron chi connectivity index (χ0n) is 21.0. The first-order valence-corrected chi connectivity index (χ1v) is 12.6. The molecule has 4 fully saturated rings. The van der Waals surface area contributed by atoms with Crippen LogP contribution in [0.2, 0.25) is 0 Å². The lowest BCUT2D eigenvalue weighted by Gasteiger charge is -2.60. The van der Waals surface area contributed by atoms with Crippen LogP contribution in [-0.2, 0) is 15.0 Å². The maximum absolute atomic E-state index is 14.6. The molecule has 4 atom stereocenters. The number of carbonyl (C=O) groups is 2. The third kappa shape index (κ3) is 3.95. The number of halogens is 6. The molecule has 4 saturated carbocycles. The summed E-state index contributed by atoms with van der Waals surface area (Å²) in [7, 11) is 0. The molecule has 216 valence electrons. The van der Waals surface area contributed by atoms with Crippen molar-refractivity contribution >= 4 is 23.2 Å². The molecule has 4 aliphatic carbocycles. The number of nitrogens with one attached hydrogen (secondary N) is 1. The molecule has 0 aliphatic heterocycles. The highest BCUT2D eigenvalue weighted by Gasteiger charge is 2.72. The smallest absolute Gasteiger partial charge is 0.411 e. The molecular weight excluding hydrogens is 544 g/mol. The van der Waals surface area contributed by atoms with Gasteiger partial charge in [0.2, 0.25) is 17.2 Å². The summed E-state index contributed by atoms with van der Waals surface area (Å²) in [6.45, 7) is 0. The van der Waals surface area contributed by atoms with E-state index in [-0.39, 0.29) is 18.3 Å². The second-order valence-corrected chi connectivity index (χ2v) is 11.6. The summed E-state index contributed by atoms with van der Waals surface area (Å²) in [6.07, 6.45) is -9.13. The van der Waals surface area contributed by atoms with Crippen LogP contribution in [0.25, 0.3) is 0 Å². The van der Waals surface area contributed by atoms with Crippen LogP contribution < -0.4 is 16.8 Å². The predicted molar refractivity (Wildman–Crippen MR) is 131 cm³/mol. The third-order valence-electron chi connectivity index (χ3n) is 9.05. The summed E-state index contributed by atoms with van der Waals surface area (Å²) in [4.78, 5) is 26.0. The highest BCUT2D eigenvalue weighted by Crippen LogP contribution is 2.65. The molecule has 7 nitrogen and oxygen atoms in total. The Morgan fingerprint density at radius 2 is 1.32 bits per heavy atom. The van der Waals surface area contributed by atoms with Gasteiger partial charge in [-0.05, 0) is 85.8 Å². The molecular formula is C27H27F6N3O4. The van der Waals surface area contributed by atoms with Crippen LogP contribution in [0.1, 0.15) is 49.7 Å². The van der Waals surface area contributed by atoms with E-state index < -0.39 is 74.4 Å². The maximum Gasteiger partial charge on any atom is 0.411 e. The number of rotatable bonds is 5. The lowest BCUT2D eigenvalue weighted by Crippen LogP contribution is -2.59. The number of hydrogen-bond donors (Lipinski definition) is 5. The average Bonchev–Trinajstić information content (AvgIpc) is 2.81. The Morgan fingerprint density at radius 3 is 1.82 bits per heavy atom. The lowest BCUT2D eigenvalue weighted by atomic mass is 9.43. The topological polar surface area (TPSA) is 139 Å². The van der Waals surface area contributed by atoms with E-state index in [1.807, 2.05) is 0 Å². The molecule has 0 radical (unpaired) electrons. The minimum Gasteiger partial charge on any atom is -0.506 e. The van der Waals surface area contributed by atoms with E-state index in [0.29, 0.717) is 62.1 Å². The van der Waals surface area contributed by atoms with E-state index in [2.05, 4.69) is 5.32 Å². The van der Waals surface area contributed by atoms with E-state index in [9.17, 15) is 46.1 Å². The molecule has 0 spiro atoms. The fourth-order valence-corrected chi connectivity index (χ4v) is 7.71. The first kappa shape index (κ1) is 27.9. The van der Waals surface area contributed by atoms with Crippen LogP contribution in [0.3, 0.4) is 0 Å². The van der Waals surface area contributed by atoms with Crippen LogP contribution >= 0.6 is 0 Å². The molecule has 2 aromatic carbocycles. The molecule has 0 saturated heterocycles. The number of nitrogen functional groups attached to an aromatic ring is 1. The maximum atomic E-state index is 14.6. The third-order valence-corrected chi connectivity index (χ3v) is 9.05. The zero-order chi connectivity index (χ0) is 29.5. The summed E-state index contributed by atoms with van der Waals surface area (Å²) < 4.78 is 87.5.